The molecule has 5 nitrogen and oxygen atoms in total. The predicted octanol–water partition coefficient (Wildman–Crippen LogP) is 2.01. The van der Waals surface area contributed by atoms with Crippen LogP contribution in [0.3, 0.4) is 0 Å². The fourth-order valence-electron chi connectivity index (χ4n) is 1.61. The third-order valence-electron chi connectivity index (χ3n) is 2.51. The van der Waals surface area contributed by atoms with Crippen molar-refractivity contribution in [1.29, 1.82) is 0 Å². The minimum Gasteiger partial charge on any atom is -0.479 e. The predicted molar refractivity (Wildman–Crippen MR) is 71.1 cm³/mol. The van der Waals surface area contributed by atoms with Gasteiger partial charge in [-0.3, -0.25) is 4.79 Å². The van der Waals surface area contributed by atoms with Crippen molar-refractivity contribution in [2.75, 3.05) is 0 Å². The number of hydrogen-bond acceptors (Lipinski definition) is 4. The largest absolute Gasteiger partial charge is 0.479 e. The van der Waals surface area contributed by atoms with Crippen LogP contribution in [0.25, 0.3) is 0 Å². The van der Waals surface area contributed by atoms with Crippen LogP contribution in [0, 0.1) is 6.92 Å². The number of nitrogens with one attached hydrogen (secondary N) is 1. The van der Waals surface area contributed by atoms with E-state index < -0.39 is 17.9 Å². The number of aromatic nitrogens is 1. The molecule has 0 unspecified atom stereocenters. The van der Waals surface area contributed by atoms with E-state index >= 15 is 0 Å². The standard InChI is InChI=1S/C13H12N2O3S/c1-8-14-10(7-19-8)12(16)15-11(13(17)18)9-5-3-2-4-6-9/h2-7,11H,1H3,(H,15,16)(H,17,18)/t11-/m0/s1. The topological polar surface area (TPSA) is 79.3 Å². The van der Waals surface area contributed by atoms with E-state index in [-0.39, 0.29) is 5.69 Å². The van der Waals surface area contributed by atoms with E-state index in [0.29, 0.717) is 5.56 Å². The number of amides is 1. The number of benzene rings is 1. The normalized spacial score (nSPS) is 11.8. The molecule has 1 amide bonds. The fourth-order valence-corrected chi connectivity index (χ4v) is 2.20. The van der Waals surface area contributed by atoms with Crippen LogP contribution in [0.15, 0.2) is 35.7 Å². The van der Waals surface area contributed by atoms with Gasteiger partial charge >= 0.3 is 5.97 Å². The second-order valence-electron chi connectivity index (χ2n) is 3.91. The van der Waals surface area contributed by atoms with Gasteiger partial charge in [-0.25, -0.2) is 9.78 Å². The number of rotatable bonds is 4. The molecule has 1 aromatic carbocycles. The van der Waals surface area contributed by atoms with Crippen LogP contribution in [0.4, 0.5) is 0 Å². The SMILES string of the molecule is Cc1nc(C(=O)N[C@H](C(=O)O)c2ccccc2)cs1. The summed E-state index contributed by atoms with van der Waals surface area (Å²) in [5, 5.41) is 14.0. The molecule has 1 aromatic heterocycles. The molecule has 0 bridgehead atoms. The molecule has 0 spiro atoms. The van der Waals surface area contributed by atoms with Crippen molar-refractivity contribution in [2.45, 2.75) is 13.0 Å². The first kappa shape index (κ1) is 13.2. The van der Waals surface area contributed by atoms with Crippen LogP contribution >= 0.6 is 11.3 Å². The Morgan fingerprint density at radius 2 is 2.00 bits per heavy atom. The van der Waals surface area contributed by atoms with Gasteiger partial charge in [-0.2, -0.15) is 0 Å². The summed E-state index contributed by atoms with van der Waals surface area (Å²) >= 11 is 1.34. The summed E-state index contributed by atoms with van der Waals surface area (Å²) in [5.74, 6) is -1.59. The van der Waals surface area contributed by atoms with Gasteiger partial charge in [-0.05, 0) is 12.5 Å². The molecule has 0 saturated carbocycles. The maximum atomic E-state index is 11.9. The maximum absolute atomic E-state index is 11.9. The van der Waals surface area contributed by atoms with Crippen LogP contribution in [0.2, 0.25) is 0 Å². The van der Waals surface area contributed by atoms with E-state index in [2.05, 4.69) is 10.3 Å². The number of aliphatic carboxylic acids is 1. The number of thiazole rings is 1. The van der Waals surface area contributed by atoms with Crippen LogP contribution in [0.5, 0.6) is 0 Å². The minimum atomic E-state index is -1.11. The van der Waals surface area contributed by atoms with Gasteiger partial charge in [0.1, 0.15) is 5.69 Å². The Morgan fingerprint density at radius 1 is 1.32 bits per heavy atom. The molecule has 0 aliphatic heterocycles. The Morgan fingerprint density at radius 3 is 2.53 bits per heavy atom. The summed E-state index contributed by atoms with van der Waals surface area (Å²) in [6.45, 7) is 1.79. The van der Waals surface area contributed by atoms with E-state index in [1.54, 1.807) is 42.6 Å². The van der Waals surface area contributed by atoms with E-state index in [4.69, 9.17) is 0 Å². The van der Waals surface area contributed by atoms with Gasteiger partial charge in [0.2, 0.25) is 0 Å². The zero-order valence-corrected chi connectivity index (χ0v) is 11.0. The Hall–Kier alpha value is -2.21. The average Bonchev–Trinajstić information content (AvgIpc) is 2.83. The summed E-state index contributed by atoms with van der Waals surface area (Å²) in [6, 6.07) is 7.48. The van der Waals surface area contributed by atoms with Gasteiger partial charge in [0.15, 0.2) is 6.04 Å². The number of carboxylic acids is 1. The van der Waals surface area contributed by atoms with Crippen molar-refractivity contribution in [1.82, 2.24) is 10.3 Å². The maximum Gasteiger partial charge on any atom is 0.330 e. The number of carbonyl (C=O) groups excluding carboxylic acids is 1. The van der Waals surface area contributed by atoms with Crippen molar-refractivity contribution < 1.29 is 14.7 Å². The number of aryl methyl sites for hydroxylation is 1. The van der Waals surface area contributed by atoms with Crippen LogP contribution in [0.1, 0.15) is 27.1 Å². The third-order valence-corrected chi connectivity index (χ3v) is 3.28. The minimum absolute atomic E-state index is 0.240. The molecule has 0 aliphatic rings. The molecule has 19 heavy (non-hydrogen) atoms. The lowest BCUT2D eigenvalue weighted by molar-refractivity contribution is -0.139. The highest BCUT2D eigenvalue weighted by Crippen LogP contribution is 2.14. The molecule has 98 valence electrons. The molecule has 0 saturated heterocycles. The molecule has 2 aromatic rings. The average molecular weight is 276 g/mol. The highest BCUT2D eigenvalue weighted by Gasteiger charge is 2.23. The van der Waals surface area contributed by atoms with E-state index in [1.165, 1.54) is 11.3 Å². The van der Waals surface area contributed by atoms with Crippen molar-refractivity contribution in [2.24, 2.45) is 0 Å². The summed E-state index contributed by atoms with van der Waals surface area (Å²) in [6.07, 6.45) is 0. The zero-order chi connectivity index (χ0) is 13.8. The highest BCUT2D eigenvalue weighted by atomic mass is 32.1. The van der Waals surface area contributed by atoms with Gasteiger partial charge < -0.3 is 10.4 Å². The molecular weight excluding hydrogens is 264 g/mol. The monoisotopic (exact) mass is 276 g/mol. The molecule has 2 N–H and O–H groups in total. The van der Waals surface area contributed by atoms with Crippen LogP contribution < -0.4 is 5.32 Å². The molecule has 0 aliphatic carbocycles. The molecule has 0 fully saturated rings. The first-order chi connectivity index (χ1) is 9.08. The molecule has 1 atom stereocenters. The fraction of sp³-hybridized carbons (Fsp3) is 0.154. The number of carboxylic acid groups (broad SMARTS) is 1. The lowest BCUT2D eigenvalue weighted by Crippen LogP contribution is -2.33. The Balaban J connectivity index is 2.18. The molecule has 2 rings (SSSR count). The molecule has 6 heteroatoms. The molecule has 1 heterocycles. The zero-order valence-electron chi connectivity index (χ0n) is 10.2. The number of nitrogens with zero attached hydrogens (tertiary/aromatic N) is 1. The number of hydrogen-bond donors (Lipinski definition) is 2. The molecular formula is C13H12N2O3S. The smallest absolute Gasteiger partial charge is 0.330 e. The summed E-state index contributed by atoms with van der Waals surface area (Å²) in [4.78, 5) is 27.2. The number of carbonyl (C=O) groups is 2. The highest BCUT2D eigenvalue weighted by molar-refractivity contribution is 7.09. The van der Waals surface area contributed by atoms with Crippen LogP contribution in [-0.4, -0.2) is 22.0 Å². The summed E-state index contributed by atoms with van der Waals surface area (Å²) < 4.78 is 0. The van der Waals surface area contributed by atoms with E-state index in [0.717, 1.165) is 5.01 Å². The first-order valence-corrected chi connectivity index (χ1v) is 6.46. The Kier molecular flexibility index (Phi) is 3.91. The third kappa shape index (κ3) is 3.17. The summed E-state index contributed by atoms with van der Waals surface area (Å²) in [7, 11) is 0. The van der Waals surface area contributed by atoms with Gasteiger partial charge in [0, 0.05) is 5.38 Å². The van der Waals surface area contributed by atoms with Gasteiger partial charge in [-0.1, -0.05) is 30.3 Å². The summed E-state index contributed by atoms with van der Waals surface area (Å²) in [5.41, 5.74) is 0.764. The van der Waals surface area contributed by atoms with Crippen molar-refractivity contribution >= 4 is 23.2 Å². The lowest BCUT2D eigenvalue weighted by atomic mass is 10.1. The van der Waals surface area contributed by atoms with Crippen molar-refractivity contribution in [3.63, 3.8) is 0 Å². The quantitative estimate of drug-likeness (QED) is 0.895. The van der Waals surface area contributed by atoms with E-state index in [1.807, 2.05) is 0 Å². The Bertz CT molecular complexity index is 595. The van der Waals surface area contributed by atoms with Gasteiger partial charge in [-0.15, -0.1) is 11.3 Å². The van der Waals surface area contributed by atoms with Gasteiger partial charge in [0.05, 0.1) is 5.01 Å². The van der Waals surface area contributed by atoms with Gasteiger partial charge in [0.25, 0.3) is 5.91 Å². The van der Waals surface area contributed by atoms with E-state index in [9.17, 15) is 14.7 Å². The second-order valence-corrected chi connectivity index (χ2v) is 4.97. The molecule has 0 radical (unpaired) electrons. The first-order valence-electron chi connectivity index (χ1n) is 5.58. The van der Waals surface area contributed by atoms with Crippen LogP contribution in [-0.2, 0) is 4.79 Å². The second kappa shape index (κ2) is 5.62. The lowest BCUT2D eigenvalue weighted by Gasteiger charge is -2.13. The Labute approximate surface area is 113 Å². The van der Waals surface area contributed by atoms with Crippen molar-refractivity contribution in [3.8, 4) is 0 Å². The van der Waals surface area contributed by atoms with Crippen molar-refractivity contribution in [3.05, 3.63) is 52.0 Å².